The number of hydroxylamine groups is 2. The molecule has 0 unspecified atom stereocenters. The lowest BCUT2D eigenvalue weighted by Gasteiger charge is -2.25. The summed E-state index contributed by atoms with van der Waals surface area (Å²) in [7, 11) is 0. The molecular weight excluding hydrogens is 298 g/mol. The maximum absolute atomic E-state index is 11.6. The lowest BCUT2D eigenvalue weighted by atomic mass is 9.91. The van der Waals surface area contributed by atoms with E-state index in [-0.39, 0.29) is 18.1 Å². The van der Waals surface area contributed by atoms with Gasteiger partial charge in [0.1, 0.15) is 6.29 Å². The third-order valence-electron chi connectivity index (χ3n) is 4.08. The van der Waals surface area contributed by atoms with Crippen molar-refractivity contribution in [3.63, 3.8) is 0 Å². The average Bonchev–Trinajstić information content (AvgIpc) is 2.84. The second-order valence-electron chi connectivity index (χ2n) is 5.55. The number of benzene rings is 2. The highest BCUT2D eigenvalue weighted by molar-refractivity contribution is 6.31. The molecule has 0 aromatic heterocycles. The molecule has 3 atom stereocenters. The van der Waals surface area contributed by atoms with Gasteiger partial charge in [0.2, 0.25) is 0 Å². The van der Waals surface area contributed by atoms with Crippen LogP contribution in [-0.2, 0) is 16.2 Å². The van der Waals surface area contributed by atoms with Gasteiger partial charge in [-0.1, -0.05) is 60.1 Å². The highest BCUT2D eigenvalue weighted by Gasteiger charge is 2.42. The van der Waals surface area contributed by atoms with Crippen LogP contribution in [0.4, 0.5) is 0 Å². The molecule has 114 valence electrons. The van der Waals surface area contributed by atoms with Crippen LogP contribution in [0.2, 0.25) is 5.02 Å². The zero-order chi connectivity index (χ0) is 15.5. The number of carbonyl (C=O) groups excluding carboxylic acids is 1. The molecule has 4 heteroatoms. The Kier molecular flexibility index (Phi) is 4.57. The van der Waals surface area contributed by atoms with Gasteiger partial charge in [0.05, 0.1) is 18.1 Å². The summed E-state index contributed by atoms with van der Waals surface area (Å²) in [6.45, 7) is 2.54. The maximum atomic E-state index is 11.6. The highest BCUT2D eigenvalue weighted by Crippen LogP contribution is 2.41. The Bertz CT molecular complexity index is 647. The van der Waals surface area contributed by atoms with Gasteiger partial charge in [-0.15, -0.1) is 0 Å². The predicted octanol–water partition coefficient (Wildman–Crippen LogP) is 4.03. The van der Waals surface area contributed by atoms with Crippen LogP contribution >= 0.6 is 11.6 Å². The van der Waals surface area contributed by atoms with Gasteiger partial charge >= 0.3 is 0 Å². The number of nitrogens with zero attached hydrogens (tertiary/aromatic N) is 1. The van der Waals surface area contributed by atoms with Crippen LogP contribution in [-0.4, -0.2) is 17.5 Å². The van der Waals surface area contributed by atoms with Crippen LogP contribution in [0.5, 0.6) is 0 Å². The first-order valence-corrected chi connectivity index (χ1v) is 7.75. The van der Waals surface area contributed by atoms with Crippen molar-refractivity contribution in [3.05, 3.63) is 70.7 Å². The van der Waals surface area contributed by atoms with Gasteiger partial charge in [-0.25, -0.2) is 0 Å². The number of rotatable bonds is 4. The van der Waals surface area contributed by atoms with E-state index in [1.165, 1.54) is 0 Å². The van der Waals surface area contributed by atoms with Crippen molar-refractivity contribution in [1.29, 1.82) is 0 Å². The van der Waals surface area contributed by atoms with Crippen molar-refractivity contribution in [2.75, 3.05) is 0 Å². The molecule has 0 amide bonds. The normalized spacial score (nSPS) is 25.3. The molecule has 0 radical (unpaired) electrons. The Morgan fingerprint density at radius 3 is 2.50 bits per heavy atom. The number of carbonyl (C=O) groups is 1. The molecule has 1 aliphatic heterocycles. The minimum Gasteiger partial charge on any atom is -0.303 e. The van der Waals surface area contributed by atoms with E-state index in [0.29, 0.717) is 11.6 Å². The Balaban J connectivity index is 1.94. The molecule has 2 aromatic carbocycles. The topological polar surface area (TPSA) is 29.5 Å². The lowest BCUT2D eigenvalue weighted by Crippen LogP contribution is -2.25. The smallest absolute Gasteiger partial charge is 0.127 e. The second kappa shape index (κ2) is 6.61. The van der Waals surface area contributed by atoms with Crippen LogP contribution in [0.3, 0.4) is 0 Å². The van der Waals surface area contributed by atoms with Gasteiger partial charge in [0.15, 0.2) is 0 Å². The molecule has 0 bridgehead atoms. The summed E-state index contributed by atoms with van der Waals surface area (Å²) >= 11 is 6.34. The van der Waals surface area contributed by atoms with Crippen molar-refractivity contribution in [2.45, 2.75) is 25.6 Å². The molecule has 22 heavy (non-hydrogen) atoms. The molecule has 1 saturated heterocycles. The Morgan fingerprint density at radius 2 is 1.82 bits per heavy atom. The molecule has 1 fully saturated rings. The first-order chi connectivity index (χ1) is 10.7. The van der Waals surface area contributed by atoms with Crippen LogP contribution in [0.15, 0.2) is 54.6 Å². The van der Waals surface area contributed by atoms with Crippen molar-refractivity contribution in [1.82, 2.24) is 5.06 Å². The molecular formula is C18H18ClNO2. The summed E-state index contributed by atoms with van der Waals surface area (Å²) in [6.07, 6.45) is 0.811. The van der Waals surface area contributed by atoms with E-state index in [1.807, 2.05) is 66.6 Å². The van der Waals surface area contributed by atoms with E-state index >= 15 is 0 Å². The zero-order valence-electron chi connectivity index (χ0n) is 12.4. The van der Waals surface area contributed by atoms with Crippen LogP contribution in [0, 0.1) is 5.92 Å². The summed E-state index contributed by atoms with van der Waals surface area (Å²) in [5, 5.41) is 2.54. The fraction of sp³-hybridized carbons (Fsp3) is 0.278. The molecule has 0 saturated carbocycles. The fourth-order valence-electron chi connectivity index (χ4n) is 2.96. The molecule has 0 N–H and O–H groups in total. The van der Waals surface area contributed by atoms with Crippen LogP contribution in [0.1, 0.15) is 24.1 Å². The minimum absolute atomic E-state index is 0.164. The van der Waals surface area contributed by atoms with E-state index in [1.54, 1.807) is 0 Å². The summed E-state index contributed by atoms with van der Waals surface area (Å²) in [6, 6.07) is 17.5. The van der Waals surface area contributed by atoms with Gasteiger partial charge in [-0.05, 0) is 24.1 Å². The quantitative estimate of drug-likeness (QED) is 0.798. The van der Waals surface area contributed by atoms with Gasteiger partial charge in [0.25, 0.3) is 0 Å². The predicted molar refractivity (Wildman–Crippen MR) is 86.3 cm³/mol. The van der Waals surface area contributed by atoms with E-state index in [4.69, 9.17) is 16.4 Å². The number of hydrogen-bond acceptors (Lipinski definition) is 3. The largest absolute Gasteiger partial charge is 0.303 e. The standard InChI is InChI=1S/C18H18ClNO2/c1-13-16(12-21)18(15-9-5-6-10-17(15)19)20(22-13)11-14-7-3-2-4-8-14/h2-10,12-13,16,18H,11H2,1H3/t13-,16-,18+/m0/s1. The minimum atomic E-state index is -0.233. The van der Waals surface area contributed by atoms with Gasteiger partial charge in [-0.2, -0.15) is 5.06 Å². The lowest BCUT2D eigenvalue weighted by molar-refractivity contribution is -0.166. The number of hydrogen-bond donors (Lipinski definition) is 0. The van der Waals surface area contributed by atoms with Crippen molar-refractivity contribution in [2.24, 2.45) is 5.92 Å². The Labute approximate surface area is 135 Å². The van der Waals surface area contributed by atoms with Gasteiger partial charge in [-0.3, -0.25) is 4.84 Å². The number of aldehydes is 1. The number of halogens is 1. The Morgan fingerprint density at radius 1 is 1.14 bits per heavy atom. The zero-order valence-corrected chi connectivity index (χ0v) is 13.1. The molecule has 2 aromatic rings. The molecule has 1 heterocycles. The van der Waals surface area contributed by atoms with Crippen LogP contribution in [0.25, 0.3) is 0 Å². The van der Waals surface area contributed by atoms with E-state index in [9.17, 15) is 4.79 Å². The third-order valence-corrected chi connectivity index (χ3v) is 4.42. The first-order valence-electron chi connectivity index (χ1n) is 7.38. The summed E-state index contributed by atoms with van der Waals surface area (Å²) in [4.78, 5) is 17.5. The van der Waals surface area contributed by atoms with Crippen LogP contribution < -0.4 is 0 Å². The third kappa shape index (κ3) is 2.93. The second-order valence-corrected chi connectivity index (χ2v) is 5.96. The summed E-state index contributed by atoms with van der Waals surface area (Å²) in [5.41, 5.74) is 2.07. The Hall–Kier alpha value is -1.68. The highest BCUT2D eigenvalue weighted by atomic mass is 35.5. The van der Waals surface area contributed by atoms with Crippen molar-refractivity contribution < 1.29 is 9.63 Å². The van der Waals surface area contributed by atoms with Crippen molar-refractivity contribution >= 4 is 17.9 Å². The molecule has 1 aliphatic rings. The monoisotopic (exact) mass is 315 g/mol. The van der Waals surface area contributed by atoms with Gasteiger partial charge in [0, 0.05) is 11.6 Å². The first kappa shape index (κ1) is 15.2. The fourth-order valence-corrected chi connectivity index (χ4v) is 3.21. The summed E-state index contributed by atoms with van der Waals surface area (Å²) in [5.74, 6) is -0.233. The van der Waals surface area contributed by atoms with E-state index in [0.717, 1.165) is 17.4 Å². The van der Waals surface area contributed by atoms with E-state index in [2.05, 4.69) is 0 Å². The van der Waals surface area contributed by atoms with Crippen molar-refractivity contribution in [3.8, 4) is 0 Å². The average molecular weight is 316 g/mol. The molecule has 0 spiro atoms. The molecule has 3 nitrogen and oxygen atoms in total. The van der Waals surface area contributed by atoms with E-state index < -0.39 is 0 Å². The molecule has 0 aliphatic carbocycles. The molecule has 3 rings (SSSR count). The summed E-state index contributed by atoms with van der Waals surface area (Å²) < 4.78 is 0. The SMILES string of the molecule is C[C@@H]1ON(Cc2ccccc2)[C@H](c2ccccc2Cl)[C@H]1C=O. The van der Waals surface area contributed by atoms with Gasteiger partial charge < -0.3 is 4.79 Å². The maximum Gasteiger partial charge on any atom is 0.127 e.